The van der Waals surface area contributed by atoms with Gasteiger partial charge in [-0.1, -0.05) is 11.6 Å². The van der Waals surface area contributed by atoms with E-state index < -0.39 is 5.82 Å². The molecule has 3 aromatic heterocycles. The maximum Gasteiger partial charge on any atom is 0.271 e. The van der Waals surface area contributed by atoms with Crippen molar-refractivity contribution in [3.05, 3.63) is 71.2 Å². The summed E-state index contributed by atoms with van der Waals surface area (Å²) in [6, 6.07) is 7.88. The molecule has 1 aromatic carbocycles. The van der Waals surface area contributed by atoms with Crippen LogP contribution in [0.25, 0.3) is 17.0 Å². The van der Waals surface area contributed by atoms with E-state index in [1.54, 1.807) is 46.0 Å². The van der Waals surface area contributed by atoms with Gasteiger partial charge in [0.25, 0.3) is 5.91 Å². The molecule has 0 unspecified atom stereocenters. The quantitative estimate of drug-likeness (QED) is 0.531. The first-order valence-corrected chi connectivity index (χ1v) is 9.36. The minimum Gasteiger partial charge on any atom is -0.346 e. The highest BCUT2D eigenvalue weighted by atomic mass is 35.5. The fourth-order valence-corrected chi connectivity index (χ4v) is 3.21. The first-order valence-electron chi connectivity index (χ1n) is 8.99. The zero-order valence-corrected chi connectivity index (χ0v) is 16.5. The summed E-state index contributed by atoms with van der Waals surface area (Å²) in [5.74, 6) is -0.580. The van der Waals surface area contributed by atoms with E-state index in [1.165, 1.54) is 12.1 Å². The summed E-state index contributed by atoms with van der Waals surface area (Å²) in [6.07, 6.45) is 6.65. The molecule has 0 fully saturated rings. The Morgan fingerprint density at radius 3 is 2.97 bits per heavy atom. The number of hydrogen-bond donors (Lipinski definition) is 1. The van der Waals surface area contributed by atoms with E-state index in [2.05, 4.69) is 20.4 Å². The van der Waals surface area contributed by atoms with Crippen molar-refractivity contribution in [1.29, 1.82) is 5.26 Å². The highest BCUT2D eigenvalue weighted by Crippen LogP contribution is 2.29. The van der Waals surface area contributed by atoms with Crippen molar-refractivity contribution in [3.63, 3.8) is 0 Å². The summed E-state index contributed by atoms with van der Waals surface area (Å²) in [5.41, 5.74) is 0.905. The van der Waals surface area contributed by atoms with Gasteiger partial charge in [-0.25, -0.2) is 14.4 Å². The maximum absolute atomic E-state index is 14.5. The van der Waals surface area contributed by atoms with Crippen LogP contribution in [0.1, 0.15) is 23.0 Å². The molecular formula is C20H15ClFN7O. The molecule has 4 rings (SSSR count). The van der Waals surface area contributed by atoms with Gasteiger partial charge in [0.15, 0.2) is 5.82 Å². The van der Waals surface area contributed by atoms with Crippen LogP contribution >= 0.6 is 11.6 Å². The van der Waals surface area contributed by atoms with Crippen molar-refractivity contribution in [2.75, 3.05) is 0 Å². The zero-order chi connectivity index (χ0) is 21.3. The van der Waals surface area contributed by atoms with Gasteiger partial charge in [0.05, 0.1) is 22.8 Å². The van der Waals surface area contributed by atoms with Crippen LogP contribution in [0.2, 0.25) is 5.02 Å². The van der Waals surface area contributed by atoms with Gasteiger partial charge in [0.1, 0.15) is 11.8 Å². The molecule has 150 valence electrons. The zero-order valence-electron chi connectivity index (χ0n) is 15.8. The van der Waals surface area contributed by atoms with Crippen LogP contribution in [0.5, 0.6) is 0 Å². The second-order valence-corrected chi connectivity index (χ2v) is 7.03. The number of benzene rings is 1. The molecule has 3 heterocycles. The minimum absolute atomic E-state index is 0.0656. The fraction of sp³-hybridized carbons (Fsp3) is 0.150. The van der Waals surface area contributed by atoms with Crippen LogP contribution in [-0.4, -0.2) is 36.1 Å². The standard InChI is InChI=1S/C20H15ClFN7O/c1-12(25-19(30)16-11-28-7-2-6-24-20(28)26-16)10-29-8-5-15(27-29)14-4-3-13(9-23)17(21)18(14)22/h2-8,11-12H,10H2,1H3,(H,25,30)/t12-/m0/s1. The lowest BCUT2D eigenvalue weighted by Gasteiger charge is -2.13. The molecule has 0 spiro atoms. The van der Waals surface area contributed by atoms with Crippen molar-refractivity contribution < 1.29 is 9.18 Å². The molecule has 4 aromatic rings. The first-order chi connectivity index (χ1) is 14.5. The number of fused-ring (bicyclic) bond motifs is 1. The number of hydrogen-bond acceptors (Lipinski definition) is 5. The lowest BCUT2D eigenvalue weighted by atomic mass is 10.1. The molecule has 0 aliphatic heterocycles. The van der Waals surface area contributed by atoms with Crippen molar-refractivity contribution in [2.45, 2.75) is 19.5 Å². The van der Waals surface area contributed by atoms with Crippen molar-refractivity contribution in [2.24, 2.45) is 0 Å². The van der Waals surface area contributed by atoms with Gasteiger partial charge in [-0.2, -0.15) is 10.4 Å². The molecular weight excluding hydrogens is 409 g/mol. The van der Waals surface area contributed by atoms with Crippen LogP contribution < -0.4 is 5.32 Å². The van der Waals surface area contributed by atoms with Gasteiger partial charge in [-0.3, -0.25) is 13.9 Å². The van der Waals surface area contributed by atoms with E-state index in [-0.39, 0.29) is 33.8 Å². The van der Waals surface area contributed by atoms with E-state index >= 15 is 0 Å². The number of amides is 1. The average molecular weight is 424 g/mol. The Morgan fingerprint density at radius 2 is 2.20 bits per heavy atom. The number of rotatable bonds is 5. The molecule has 1 amide bonds. The predicted octanol–water partition coefficient (Wildman–Crippen LogP) is 3.08. The highest BCUT2D eigenvalue weighted by molar-refractivity contribution is 6.32. The Labute approximate surface area is 175 Å². The van der Waals surface area contributed by atoms with Gasteiger partial charge >= 0.3 is 0 Å². The summed E-state index contributed by atoms with van der Waals surface area (Å²) >= 11 is 5.89. The topological polar surface area (TPSA) is 101 Å². The number of carbonyl (C=O) groups is 1. The van der Waals surface area contributed by atoms with Gasteiger partial charge in [-0.05, 0) is 31.2 Å². The van der Waals surface area contributed by atoms with Crippen LogP contribution in [0.15, 0.2) is 49.1 Å². The third-order valence-electron chi connectivity index (χ3n) is 4.43. The lowest BCUT2D eigenvalue weighted by Crippen LogP contribution is -2.36. The lowest BCUT2D eigenvalue weighted by molar-refractivity contribution is 0.0931. The summed E-state index contributed by atoms with van der Waals surface area (Å²) < 4.78 is 17.7. The van der Waals surface area contributed by atoms with Crippen LogP contribution in [0.4, 0.5) is 4.39 Å². The third-order valence-corrected chi connectivity index (χ3v) is 4.80. The molecule has 10 heteroatoms. The SMILES string of the molecule is C[C@@H](Cn1ccc(-c2ccc(C#N)c(Cl)c2F)n1)NC(=O)c1cn2cccnc2n1. The predicted molar refractivity (Wildman–Crippen MR) is 107 cm³/mol. The van der Waals surface area contributed by atoms with Gasteiger partial charge in [0, 0.05) is 36.4 Å². The number of halogens is 2. The Morgan fingerprint density at radius 1 is 1.37 bits per heavy atom. The molecule has 8 nitrogen and oxygen atoms in total. The van der Waals surface area contributed by atoms with E-state index in [4.69, 9.17) is 16.9 Å². The second-order valence-electron chi connectivity index (χ2n) is 6.65. The Bertz CT molecular complexity index is 1260. The van der Waals surface area contributed by atoms with Gasteiger partial charge in [-0.15, -0.1) is 0 Å². The largest absolute Gasteiger partial charge is 0.346 e. The molecule has 1 N–H and O–H groups in total. The molecule has 0 radical (unpaired) electrons. The number of aromatic nitrogens is 5. The van der Waals surface area contributed by atoms with Crippen LogP contribution in [0, 0.1) is 17.1 Å². The summed E-state index contributed by atoms with van der Waals surface area (Å²) in [4.78, 5) is 20.7. The van der Waals surface area contributed by atoms with Crippen molar-refractivity contribution in [3.8, 4) is 17.3 Å². The van der Waals surface area contributed by atoms with E-state index in [0.29, 0.717) is 18.0 Å². The summed E-state index contributed by atoms with van der Waals surface area (Å²) in [5, 5.41) is 15.9. The minimum atomic E-state index is -0.692. The molecule has 0 saturated carbocycles. The number of imidazole rings is 1. The van der Waals surface area contributed by atoms with E-state index in [0.717, 1.165) is 0 Å². The summed E-state index contributed by atoms with van der Waals surface area (Å²) in [6.45, 7) is 2.19. The normalized spacial score (nSPS) is 11.9. The first kappa shape index (κ1) is 19.5. The average Bonchev–Trinajstić information content (AvgIpc) is 3.37. The Balaban J connectivity index is 1.45. The Hall–Kier alpha value is -3.77. The summed E-state index contributed by atoms with van der Waals surface area (Å²) in [7, 11) is 0. The molecule has 30 heavy (non-hydrogen) atoms. The Kier molecular flexibility index (Phi) is 5.16. The number of carbonyl (C=O) groups excluding carboxylic acids is 1. The fourth-order valence-electron chi connectivity index (χ4n) is 3.00. The van der Waals surface area contributed by atoms with Crippen molar-refractivity contribution in [1.82, 2.24) is 29.5 Å². The number of nitriles is 1. The number of nitrogens with one attached hydrogen (secondary N) is 1. The smallest absolute Gasteiger partial charge is 0.271 e. The van der Waals surface area contributed by atoms with E-state index in [1.807, 2.05) is 13.0 Å². The number of nitrogens with zero attached hydrogens (tertiary/aromatic N) is 6. The monoisotopic (exact) mass is 423 g/mol. The molecule has 0 bridgehead atoms. The van der Waals surface area contributed by atoms with E-state index in [9.17, 15) is 9.18 Å². The highest BCUT2D eigenvalue weighted by Gasteiger charge is 2.17. The van der Waals surface area contributed by atoms with Crippen LogP contribution in [-0.2, 0) is 6.54 Å². The van der Waals surface area contributed by atoms with Crippen molar-refractivity contribution >= 4 is 23.3 Å². The molecule has 1 atom stereocenters. The van der Waals surface area contributed by atoms with Gasteiger partial charge in [0.2, 0.25) is 5.78 Å². The van der Waals surface area contributed by atoms with Crippen LogP contribution in [0.3, 0.4) is 0 Å². The molecule has 0 saturated heterocycles. The van der Waals surface area contributed by atoms with Gasteiger partial charge < -0.3 is 5.32 Å². The molecule has 0 aliphatic carbocycles. The second kappa shape index (κ2) is 7.93. The maximum atomic E-state index is 14.5. The molecule has 0 aliphatic rings. The third kappa shape index (κ3) is 3.73.